The zero-order chi connectivity index (χ0) is 57.1. The summed E-state index contributed by atoms with van der Waals surface area (Å²) in [5, 5.41) is 0. The Kier molecular flexibility index (Phi) is 63.7. The van der Waals surface area contributed by atoms with Crippen LogP contribution in [0.4, 0.5) is 0 Å². The molecule has 79 heavy (non-hydrogen) atoms. The molecule has 0 bridgehead atoms. The second kappa shape index (κ2) is 66.8. The number of allylic oxidation sites excluding steroid dienone is 16. The van der Waals surface area contributed by atoms with Gasteiger partial charge < -0.3 is 14.2 Å². The minimum Gasteiger partial charge on any atom is -0.462 e. The van der Waals surface area contributed by atoms with Gasteiger partial charge >= 0.3 is 17.9 Å². The Morgan fingerprint density at radius 2 is 0.494 bits per heavy atom. The first kappa shape index (κ1) is 75.3. The van der Waals surface area contributed by atoms with E-state index in [2.05, 4.69) is 118 Å². The van der Waals surface area contributed by atoms with Gasteiger partial charge in [-0.25, -0.2) is 0 Å². The third-order valence-electron chi connectivity index (χ3n) is 14.6. The molecule has 0 spiro atoms. The highest BCUT2D eigenvalue weighted by Gasteiger charge is 2.19. The second-order valence-electron chi connectivity index (χ2n) is 22.4. The highest BCUT2D eigenvalue weighted by Crippen LogP contribution is 2.17. The molecule has 0 aliphatic heterocycles. The van der Waals surface area contributed by atoms with Crippen LogP contribution in [-0.2, 0) is 28.6 Å². The highest BCUT2D eigenvalue weighted by atomic mass is 16.6. The van der Waals surface area contributed by atoms with E-state index < -0.39 is 6.10 Å². The summed E-state index contributed by atoms with van der Waals surface area (Å²) in [5.74, 6) is -0.897. The lowest BCUT2D eigenvalue weighted by Gasteiger charge is -2.18. The maximum absolute atomic E-state index is 12.9. The minimum absolute atomic E-state index is 0.0839. The molecule has 0 fully saturated rings. The van der Waals surface area contributed by atoms with Gasteiger partial charge in [0.2, 0.25) is 0 Å². The van der Waals surface area contributed by atoms with Gasteiger partial charge in [-0.3, -0.25) is 14.4 Å². The van der Waals surface area contributed by atoms with Crippen LogP contribution in [0.1, 0.15) is 329 Å². The molecule has 0 aromatic heterocycles. The SMILES string of the molecule is CC/C=C\C/C=C\C/C=C\C/C=C\C/C=C\C/C=C\CCCCCCC(=O)OCC(COC(=O)CCCCCCCCCCCCCCCCC)OC(=O)CCCCCCCCCCCCC/C=C\C/C=C\CCCCCCC. The van der Waals surface area contributed by atoms with Gasteiger partial charge in [-0.1, -0.05) is 304 Å². The first-order chi connectivity index (χ1) is 39.0. The van der Waals surface area contributed by atoms with E-state index in [1.54, 1.807) is 0 Å². The number of hydrogen-bond donors (Lipinski definition) is 0. The standard InChI is InChI=1S/C73H126O6/c1-4-7-10-13-16-19-22-25-28-30-32-34-36-38-40-42-45-48-51-54-57-60-63-66-72(75)78-69-70(68-77-71(74)65-62-59-56-53-50-47-44-27-24-21-18-15-12-9-6-3)79-73(76)67-64-61-58-55-52-49-46-43-41-39-37-35-33-31-29-26-23-20-17-14-11-8-5-2/h7,10,16,19,23,25-26,28,31-34,38,40,45,48,70H,4-6,8-9,11-15,17-18,20-22,24,27,29-30,35-37,39,41-44,46-47,49-69H2,1-3H3/b10-7-,19-16-,26-23-,28-25-,33-31-,34-32-,40-38-,48-45-. The molecule has 0 rings (SSSR count). The van der Waals surface area contributed by atoms with Crippen LogP contribution in [0.5, 0.6) is 0 Å². The van der Waals surface area contributed by atoms with Gasteiger partial charge in [-0.15, -0.1) is 0 Å². The molecule has 0 aliphatic rings. The van der Waals surface area contributed by atoms with E-state index in [4.69, 9.17) is 14.2 Å². The van der Waals surface area contributed by atoms with Crippen LogP contribution < -0.4 is 0 Å². The fraction of sp³-hybridized carbons (Fsp3) is 0.740. The normalized spacial score (nSPS) is 12.7. The third kappa shape index (κ3) is 65.0. The Morgan fingerprint density at radius 1 is 0.266 bits per heavy atom. The predicted octanol–water partition coefficient (Wildman–Crippen LogP) is 23.2. The van der Waals surface area contributed by atoms with E-state index in [0.29, 0.717) is 19.3 Å². The monoisotopic (exact) mass is 1100 g/mol. The summed E-state index contributed by atoms with van der Waals surface area (Å²) in [5.41, 5.74) is 0. The van der Waals surface area contributed by atoms with Crippen LogP contribution in [0.25, 0.3) is 0 Å². The summed E-state index contributed by atoms with van der Waals surface area (Å²) in [6, 6.07) is 0. The van der Waals surface area contributed by atoms with Gasteiger partial charge in [0.25, 0.3) is 0 Å². The number of esters is 3. The van der Waals surface area contributed by atoms with Crippen molar-refractivity contribution in [2.24, 2.45) is 0 Å². The zero-order valence-electron chi connectivity index (χ0n) is 52.1. The molecule has 1 unspecified atom stereocenters. The predicted molar refractivity (Wildman–Crippen MR) is 344 cm³/mol. The smallest absolute Gasteiger partial charge is 0.306 e. The fourth-order valence-electron chi connectivity index (χ4n) is 9.54. The minimum atomic E-state index is -0.790. The second-order valence-corrected chi connectivity index (χ2v) is 22.4. The van der Waals surface area contributed by atoms with E-state index >= 15 is 0 Å². The Hall–Kier alpha value is -3.67. The number of hydrogen-bond acceptors (Lipinski definition) is 6. The molecule has 454 valence electrons. The largest absolute Gasteiger partial charge is 0.462 e. The van der Waals surface area contributed by atoms with Crippen molar-refractivity contribution in [2.45, 2.75) is 335 Å². The maximum Gasteiger partial charge on any atom is 0.306 e. The molecular formula is C73H126O6. The van der Waals surface area contributed by atoms with Crippen molar-refractivity contribution in [1.29, 1.82) is 0 Å². The lowest BCUT2D eigenvalue weighted by atomic mass is 10.0. The molecule has 0 radical (unpaired) electrons. The molecule has 0 saturated heterocycles. The van der Waals surface area contributed by atoms with Crippen molar-refractivity contribution in [3.63, 3.8) is 0 Å². The van der Waals surface area contributed by atoms with Crippen molar-refractivity contribution < 1.29 is 28.6 Å². The maximum atomic E-state index is 12.9. The van der Waals surface area contributed by atoms with Crippen LogP contribution in [0, 0.1) is 0 Å². The van der Waals surface area contributed by atoms with Crippen molar-refractivity contribution in [1.82, 2.24) is 0 Å². The van der Waals surface area contributed by atoms with Crippen LogP contribution in [-0.4, -0.2) is 37.2 Å². The van der Waals surface area contributed by atoms with Crippen LogP contribution in [0.3, 0.4) is 0 Å². The van der Waals surface area contributed by atoms with Crippen molar-refractivity contribution in [3.8, 4) is 0 Å². The van der Waals surface area contributed by atoms with Gasteiger partial charge in [-0.2, -0.15) is 0 Å². The van der Waals surface area contributed by atoms with Gasteiger partial charge in [-0.05, 0) is 103 Å². The van der Waals surface area contributed by atoms with Crippen molar-refractivity contribution >= 4 is 17.9 Å². The van der Waals surface area contributed by atoms with E-state index in [9.17, 15) is 14.4 Å². The highest BCUT2D eigenvalue weighted by molar-refractivity contribution is 5.71. The molecule has 0 heterocycles. The summed E-state index contributed by atoms with van der Waals surface area (Å²) < 4.78 is 17.0. The molecule has 0 amide bonds. The van der Waals surface area contributed by atoms with Crippen molar-refractivity contribution in [3.05, 3.63) is 97.2 Å². The third-order valence-corrected chi connectivity index (χ3v) is 14.6. The first-order valence-electron chi connectivity index (χ1n) is 33.7. The lowest BCUT2D eigenvalue weighted by molar-refractivity contribution is -0.167. The number of rotatable bonds is 61. The Bertz CT molecular complexity index is 1540. The van der Waals surface area contributed by atoms with E-state index in [-0.39, 0.29) is 31.1 Å². The Morgan fingerprint density at radius 3 is 0.772 bits per heavy atom. The average molecular weight is 1100 g/mol. The van der Waals surface area contributed by atoms with Crippen LogP contribution in [0.2, 0.25) is 0 Å². The topological polar surface area (TPSA) is 78.9 Å². The van der Waals surface area contributed by atoms with Gasteiger partial charge in [0.1, 0.15) is 13.2 Å². The molecule has 0 saturated carbocycles. The molecule has 0 N–H and O–H groups in total. The molecule has 0 aliphatic carbocycles. The molecule has 1 atom stereocenters. The zero-order valence-corrected chi connectivity index (χ0v) is 52.1. The molecule has 0 aromatic carbocycles. The lowest BCUT2D eigenvalue weighted by Crippen LogP contribution is -2.30. The van der Waals surface area contributed by atoms with E-state index in [1.807, 2.05) is 0 Å². The Balaban J connectivity index is 4.40. The summed E-state index contributed by atoms with van der Waals surface area (Å²) in [7, 11) is 0. The van der Waals surface area contributed by atoms with Crippen LogP contribution in [0.15, 0.2) is 97.2 Å². The van der Waals surface area contributed by atoms with E-state index in [0.717, 1.165) is 116 Å². The summed E-state index contributed by atoms with van der Waals surface area (Å²) in [6.45, 7) is 6.53. The summed E-state index contributed by atoms with van der Waals surface area (Å²) in [6.07, 6.45) is 89.8. The summed E-state index contributed by atoms with van der Waals surface area (Å²) in [4.78, 5) is 38.4. The van der Waals surface area contributed by atoms with Gasteiger partial charge in [0, 0.05) is 19.3 Å². The van der Waals surface area contributed by atoms with Gasteiger partial charge in [0.15, 0.2) is 6.10 Å². The first-order valence-corrected chi connectivity index (χ1v) is 33.7. The molecule has 0 aromatic rings. The fourth-order valence-corrected chi connectivity index (χ4v) is 9.54. The number of carbonyl (C=O) groups is 3. The van der Waals surface area contributed by atoms with Crippen molar-refractivity contribution in [2.75, 3.05) is 13.2 Å². The molecular weight excluding hydrogens is 973 g/mol. The average Bonchev–Trinajstić information content (AvgIpc) is 3.45. The molecule has 6 heteroatoms. The number of ether oxygens (including phenoxy) is 3. The van der Waals surface area contributed by atoms with Crippen LogP contribution >= 0.6 is 0 Å². The Labute approximate surface area is 489 Å². The quantitative estimate of drug-likeness (QED) is 0.0261. The molecule has 6 nitrogen and oxygen atoms in total. The van der Waals surface area contributed by atoms with Gasteiger partial charge in [0.05, 0.1) is 0 Å². The number of unbranched alkanes of at least 4 members (excludes halogenated alkanes) is 34. The number of carbonyl (C=O) groups excluding carboxylic acids is 3. The summed E-state index contributed by atoms with van der Waals surface area (Å²) >= 11 is 0. The van der Waals surface area contributed by atoms with E-state index in [1.165, 1.54) is 173 Å².